The van der Waals surface area contributed by atoms with Crippen molar-refractivity contribution in [1.29, 1.82) is 0 Å². The summed E-state index contributed by atoms with van der Waals surface area (Å²) in [5.74, 6) is -0.133. The van der Waals surface area contributed by atoms with Crippen LogP contribution in [0.25, 0.3) is 0 Å². The van der Waals surface area contributed by atoms with E-state index in [-0.39, 0.29) is 41.4 Å². The summed E-state index contributed by atoms with van der Waals surface area (Å²) in [7, 11) is 0. The molecule has 0 amide bonds. The van der Waals surface area contributed by atoms with Crippen LogP contribution in [0.4, 0.5) is 4.39 Å². The Balaban J connectivity index is 0.000000314. The Labute approximate surface area is 226 Å². The van der Waals surface area contributed by atoms with Gasteiger partial charge in [0.25, 0.3) is 0 Å². The molecule has 1 unspecified atom stereocenters. The van der Waals surface area contributed by atoms with Crippen LogP contribution in [0.2, 0.25) is 0 Å². The maximum atomic E-state index is 12.7. The van der Waals surface area contributed by atoms with Gasteiger partial charge >= 0.3 is 29.6 Å². The molecule has 0 bridgehead atoms. The van der Waals surface area contributed by atoms with Crippen LogP contribution in [-0.4, -0.2) is 28.2 Å². The molecular formula is C28H34FN4Na. The topological polar surface area (TPSA) is 40.5 Å². The van der Waals surface area contributed by atoms with Crippen molar-refractivity contribution in [3.05, 3.63) is 103 Å². The van der Waals surface area contributed by atoms with Gasteiger partial charge in [-0.15, -0.1) is 6.42 Å². The first-order valence-electron chi connectivity index (χ1n) is 11.6. The second kappa shape index (κ2) is 14.2. The smallest absolute Gasteiger partial charge is 0.471 e. The van der Waals surface area contributed by atoms with Crippen molar-refractivity contribution < 1.29 is 33.9 Å². The van der Waals surface area contributed by atoms with Crippen LogP contribution in [0.15, 0.2) is 84.4 Å². The average Bonchev–Trinajstić information content (AvgIpc) is 3.51. The third-order valence-corrected chi connectivity index (χ3v) is 5.89. The summed E-state index contributed by atoms with van der Waals surface area (Å²) in [4.78, 5) is 10.3. The van der Waals surface area contributed by atoms with Crippen LogP contribution in [-0.2, 0) is 6.54 Å². The van der Waals surface area contributed by atoms with Gasteiger partial charge in [-0.2, -0.15) is 10.6 Å². The first kappa shape index (κ1) is 28.0. The van der Waals surface area contributed by atoms with E-state index >= 15 is 0 Å². The van der Waals surface area contributed by atoms with Crippen LogP contribution < -0.4 is 34.9 Å². The van der Waals surface area contributed by atoms with Gasteiger partial charge in [0.05, 0.1) is 6.04 Å². The van der Waals surface area contributed by atoms with Gasteiger partial charge < -0.3 is 21.3 Å². The van der Waals surface area contributed by atoms with Crippen LogP contribution in [0, 0.1) is 12.0 Å². The number of aliphatic imine (C=N–C) groups is 1. The number of pyridine rings is 1. The number of rotatable bonds is 8. The van der Waals surface area contributed by atoms with E-state index in [4.69, 9.17) is 0 Å². The molecule has 174 valence electrons. The number of halogens is 1. The number of benzene rings is 1. The maximum Gasteiger partial charge on any atom is 1.00 e. The molecule has 1 saturated heterocycles. The molecule has 0 spiro atoms. The van der Waals surface area contributed by atoms with Crippen molar-refractivity contribution in [2.45, 2.75) is 58.0 Å². The molecule has 2 aromatic rings. The number of aromatic nitrogens is 1. The van der Waals surface area contributed by atoms with Gasteiger partial charge in [-0.1, -0.05) is 63.4 Å². The summed E-state index contributed by atoms with van der Waals surface area (Å²) in [6.07, 6.45) is 10.4. The molecule has 4 nitrogen and oxygen atoms in total. The average molecular weight is 469 g/mol. The number of hydrogen-bond acceptors (Lipinski definition) is 4. The van der Waals surface area contributed by atoms with Gasteiger partial charge in [0.1, 0.15) is 0 Å². The third-order valence-electron chi connectivity index (χ3n) is 5.89. The summed E-state index contributed by atoms with van der Waals surface area (Å²) in [5.41, 5.74) is 5.35. The zero-order chi connectivity index (χ0) is 23.6. The van der Waals surface area contributed by atoms with E-state index in [0.29, 0.717) is 11.6 Å². The van der Waals surface area contributed by atoms with Crippen molar-refractivity contribution in [3.63, 3.8) is 0 Å². The molecule has 0 saturated carbocycles. The molecule has 6 heteroatoms. The van der Waals surface area contributed by atoms with Crippen LogP contribution >= 0.6 is 0 Å². The van der Waals surface area contributed by atoms with Crippen molar-refractivity contribution in [2.75, 3.05) is 6.54 Å². The van der Waals surface area contributed by atoms with Gasteiger partial charge in [-0.3, -0.25) is 0 Å². The Morgan fingerprint density at radius 2 is 1.97 bits per heavy atom. The van der Waals surface area contributed by atoms with Crippen molar-refractivity contribution in [3.8, 4) is 0 Å². The van der Waals surface area contributed by atoms with Gasteiger partial charge in [-0.05, 0) is 36.1 Å². The number of allylic oxidation sites excluding steroid dienone is 2. The maximum absolute atomic E-state index is 12.7. The molecule has 1 aromatic heterocycles. The third kappa shape index (κ3) is 8.23. The zero-order valence-electron chi connectivity index (χ0n) is 20.7. The Bertz CT molecular complexity index is 1000. The molecule has 0 aliphatic carbocycles. The fourth-order valence-electron chi connectivity index (χ4n) is 4.06. The normalized spacial score (nSPS) is 16.4. The Kier molecular flexibility index (Phi) is 11.7. The molecular weight excluding hydrogens is 434 g/mol. The molecule has 34 heavy (non-hydrogen) atoms. The molecule has 3 heterocycles. The largest absolute Gasteiger partial charge is 1.00 e. The van der Waals surface area contributed by atoms with E-state index in [2.05, 4.69) is 63.7 Å². The van der Waals surface area contributed by atoms with Crippen molar-refractivity contribution in [1.82, 2.24) is 15.2 Å². The van der Waals surface area contributed by atoms with Crippen LogP contribution in [0.3, 0.4) is 0 Å². The summed E-state index contributed by atoms with van der Waals surface area (Å²) in [6, 6.07) is 14.3. The molecule has 2 aliphatic heterocycles. The second-order valence-corrected chi connectivity index (χ2v) is 8.70. The van der Waals surface area contributed by atoms with E-state index < -0.39 is 0 Å². The quantitative estimate of drug-likeness (QED) is 0.368. The molecule has 1 atom stereocenters. The Morgan fingerprint density at radius 3 is 2.59 bits per heavy atom. The number of likely N-dealkylation sites (tertiary alicyclic amines) is 1. The summed E-state index contributed by atoms with van der Waals surface area (Å²) in [6.45, 7) is 14.3. The van der Waals surface area contributed by atoms with Gasteiger partial charge in [0.2, 0.25) is 5.95 Å². The molecule has 2 aliphatic rings. The van der Waals surface area contributed by atoms with E-state index in [9.17, 15) is 4.39 Å². The van der Waals surface area contributed by atoms with Gasteiger partial charge in [-0.25, -0.2) is 4.98 Å². The summed E-state index contributed by atoms with van der Waals surface area (Å²) in [5, 5.41) is 3.49. The molecule has 1 N–H and O–H groups in total. The number of nitrogens with one attached hydrogen (secondary N) is 1. The SMILES string of the molecule is C=C(NCc1ccccc1)C1CCCN1C(=C)CC1=NC=[C-]C1.CC(C)c1cccnc1F.[Na+]. The minimum atomic E-state index is -0.350. The molecule has 4 rings (SSSR count). The predicted molar refractivity (Wildman–Crippen MR) is 134 cm³/mol. The van der Waals surface area contributed by atoms with E-state index in [1.807, 2.05) is 19.9 Å². The Hall–Kier alpha value is -2.21. The van der Waals surface area contributed by atoms with Gasteiger partial charge in [0, 0.05) is 42.7 Å². The van der Waals surface area contributed by atoms with Crippen molar-refractivity contribution in [2.24, 2.45) is 4.99 Å². The van der Waals surface area contributed by atoms with E-state index in [0.717, 1.165) is 49.5 Å². The zero-order valence-corrected chi connectivity index (χ0v) is 22.7. The van der Waals surface area contributed by atoms with E-state index in [1.54, 1.807) is 18.3 Å². The fraction of sp³-hybridized carbons (Fsp3) is 0.357. The molecule has 1 aromatic carbocycles. The van der Waals surface area contributed by atoms with Crippen LogP contribution in [0.5, 0.6) is 0 Å². The Morgan fingerprint density at radius 1 is 1.21 bits per heavy atom. The number of hydrogen-bond donors (Lipinski definition) is 1. The second-order valence-electron chi connectivity index (χ2n) is 8.70. The minimum Gasteiger partial charge on any atom is -0.471 e. The molecule has 0 radical (unpaired) electrons. The van der Waals surface area contributed by atoms with Gasteiger partial charge in [0.15, 0.2) is 0 Å². The monoisotopic (exact) mass is 468 g/mol. The first-order chi connectivity index (χ1) is 16.0. The fourth-order valence-corrected chi connectivity index (χ4v) is 4.06. The standard InChI is InChI=1S/C20H24N3.C8H10FN.Na/c1-16(14-19-10-6-12-21-19)23-13-7-11-20(23)17(2)22-15-18-8-4-3-5-9-18;1-6(2)7-4-3-5-10-8(7)9;/h3-5,8-9,12,20,22H,1-2,7,10-11,13-15H2;3-6H,1-2H3;/q-1;;+1. The van der Waals surface area contributed by atoms with Crippen molar-refractivity contribution >= 4 is 5.71 Å². The van der Waals surface area contributed by atoms with Crippen LogP contribution in [0.1, 0.15) is 56.6 Å². The summed E-state index contributed by atoms with van der Waals surface area (Å²) < 4.78 is 12.7. The first-order valence-corrected chi connectivity index (χ1v) is 11.6. The molecule has 1 fully saturated rings. The number of nitrogens with zero attached hydrogens (tertiary/aromatic N) is 3. The minimum absolute atomic E-state index is 0. The van der Waals surface area contributed by atoms with E-state index in [1.165, 1.54) is 18.2 Å². The predicted octanol–water partition coefficient (Wildman–Crippen LogP) is 3.17. The summed E-state index contributed by atoms with van der Waals surface area (Å²) >= 11 is 0.